The monoisotopic (exact) mass is 348 g/mol. The molecule has 0 bridgehead atoms. The minimum absolute atomic E-state index is 0.0977. The summed E-state index contributed by atoms with van der Waals surface area (Å²) < 4.78 is 1.60. The molecule has 0 fully saturated rings. The van der Waals surface area contributed by atoms with Crippen LogP contribution in [0, 0.1) is 0 Å². The van der Waals surface area contributed by atoms with Crippen molar-refractivity contribution in [1.29, 1.82) is 0 Å². The maximum absolute atomic E-state index is 12.8. The summed E-state index contributed by atoms with van der Waals surface area (Å²) in [6.45, 7) is 3.72. The molecule has 0 unspecified atom stereocenters. The number of benzene rings is 1. The molecule has 0 aliphatic carbocycles. The Morgan fingerprint density at radius 2 is 1.92 bits per heavy atom. The van der Waals surface area contributed by atoms with Crippen LogP contribution in [0.2, 0.25) is 0 Å². The lowest BCUT2D eigenvalue weighted by atomic mass is 10.1. The minimum atomic E-state index is -0.330. The number of rotatable bonds is 6. The van der Waals surface area contributed by atoms with Gasteiger partial charge < -0.3 is 5.32 Å². The first-order chi connectivity index (χ1) is 12.6. The van der Waals surface area contributed by atoms with Crippen LogP contribution in [0.1, 0.15) is 52.9 Å². The van der Waals surface area contributed by atoms with Gasteiger partial charge in [0.15, 0.2) is 5.78 Å². The minimum Gasteiger partial charge on any atom is -0.319 e. The average Bonchev–Trinajstić information content (AvgIpc) is 3.14. The van der Waals surface area contributed by atoms with Crippen molar-refractivity contribution in [3.63, 3.8) is 0 Å². The molecular weight excluding hydrogens is 328 g/mol. The maximum Gasteiger partial charge on any atom is 0.274 e. The normalized spacial score (nSPS) is 11.8. The topological polar surface area (TPSA) is 76.9 Å². The van der Waals surface area contributed by atoms with Gasteiger partial charge >= 0.3 is 0 Å². The van der Waals surface area contributed by atoms with E-state index in [-0.39, 0.29) is 17.7 Å². The second-order valence-electron chi connectivity index (χ2n) is 5.92. The van der Waals surface area contributed by atoms with Crippen LogP contribution in [0.5, 0.6) is 0 Å². The Hall–Kier alpha value is -3.28. The van der Waals surface area contributed by atoms with E-state index in [0.717, 1.165) is 5.56 Å². The van der Waals surface area contributed by atoms with Gasteiger partial charge in [-0.15, -0.1) is 0 Å². The van der Waals surface area contributed by atoms with E-state index in [1.165, 1.54) is 0 Å². The lowest BCUT2D eigenvalue weighted by molar-refractivity contribution is 0.0980. The molecule has 2 heterocycles. The molecule has 6 heteroatoms. The van der Waals surface area contributed by atoms with Gasteiger partial charge in [-0.2, -0.15) is 5.10 Å². The third-order valence-electron chi connectivity index (χ3n) is 4.14. The Morgan fingerprint density at radius 3 is 2.58 bits per heavy atom. The molecule has 0 saturated carbocycles. The van der Waals surface area contributed by atoms with Crippen molar-refractivity contribution in [3.05, 3.63) is 77.9 Å². The van der Waals surface area contributed by atoms with Crippen molar-refractivity contribution in [3.8, 4) is 0 Å². The number of nitrogens with zero attached hydrogens (tertiary/aromatic N) is 3. The lowest BCUT2D eigenvalue weighted by Crippen LogP contribution is -2.20. The molecule has 0 saturated heterocycles. The highest BCUT2D eigenvalue weighted by Gasteiger charge is 2.22. The predicted molar refractivity (Wildman–Crippen MR) is 99.3 cm³/mol. The Morgan fingerprint density at radius 1 is 1.15 bits per heavy atom. The van der Waals surface area contributed by atoms with Gasteiger partial charge in [0.2, 0.25) is 0 Å². The molecular formula is C20H20N4O2. The summed E-state index contributed by atoms with van der Waals surface area (Å²) in [5.74, 6) is -0.428. The molecule has 132 valence electrons. The van der Waals surface area contributed by atoms with Crippen LogP contribution in [-0.4, -0.2) is 26.5 Å². The van der Waals surface area contributed by atoms with Crippen molar-refractivity contribution >= 4 is 17.4 Å². The molecule has 1 atom stereocenters. The van der Waals surface area contributed by atoms with E-state index < -0.39 is 0 Å². The van der Waals surface area contributed by atoms with E-state index >= 15 is 0 Å². The molecule has 0 radical (unpaired) electrons. The van der Waals surface area contributed by atoms with Crippen molar-refractivity contribution in [1.82, 2.24) is 14.8 Å². The number of hydrogen-bond donors (Lipinski definition) is 1. The van der Waals surface area contributed by atoms with E-state index in [2.05, 4.69) is 15.4 Å². The summed E-state index contributed by atoms with van der Waals surface area (Å²) in [5.41, 5.74) is 2.22. The first-order valence-electron chi connectivity index (χ1n) is 8.49. The van der Waals surface area contributed by atoms with Crippen LogP contribution in [-0.2, 0) is 0 Å². The summed E-state index contributed by atoms with van der Waals surface area (Å²) in [6.07, 6.45) is 3.53. The number of carbonyl (C=O) groups is 2. The van der Waals surface area contributed by atoms with Crippen LogP contribution < -0.4 is 5.32 Å². The maximum atomic E-state index is 12.8. The molecule has 1 N–H and O–H groups in total. The Bertz CT molecular complexity index is 904. The summed E-state index contributed by atoms with van der Waals surface area (Å²) in [5, 5.41) is 7.21. The number of ketones is 1. The van der Waals surface area contributed by atoms with Crippen molar-refractivity contribution in [2.75, 3.05) is 5.32 Å². The number of aromatic nitrogens is 3. The zero-order valence-corrected chi connectivity index (χ0v) is 14.7. The molecule has 0 aliphatic heterocycles. The van der Waals surface area contributed by atoms with Crippen LogP contribution in [0.4, 0.5) is 5.69 Å². The van der Waals surface area contributed by atoms with E-state index in [4.69, 9.17) is 0 Å². The quantitative estimate of drug-likeness (QED) is 0.689. The average molecular weight is 348 g/mol. The highest BCUT2D eigenvalue weighted by atomic mass is 16.2. The lowest BCUT2D eigenvalue weighted by Gasteiger charge is -2.16. The van der Waals surface area contributed by atoms with Gasteiger partial charge in [-0.3, -0.25) is 19.3 Å². The Balaban J connectivity index is 1.98. The molecule has 2 aromatic heterocycles. The van der Waals surface area contributed by atoms with Gasteiger partial charge in [0.05, 0.1) is 17.9 Å². The zero-order valence-electron chi connectivity index (χ0n) is 14.7. The second kappa shape index (κ2) is 7.74. The number of anilines is 1. The number of carbonyl (C=O) groups excluding carboxylic acids is 2. The number of nitrogens with one attached hydrogen (secondary N) is 1. The van der Waals surface area contributed by atoms with E-state index in [1.54, 1.807) is 42.2 Å². The van der Waals surface area contributed by atoms with Crippen LogP contribution in [0.15, 0.2) is 60.9 Å². The molecule has 26 heavy (non-hydrogen) atoms. The SMILES string of the molecule is CCC(=O)c1cc(C(=O)Nc2cccnc2)n([C@@H](C)c2ccccc2)n1. The summed E-state index contributed by atoms with van der Waals surface area (Å²) >= 11 is 0. The highest BCUT2D eigenvalue weighted by Crippen LogP contribution is 2.21. The second-order valence-corrected chi connectivity index (χ2v) is 5.92. The van der Waals surface area contributed by atoms with Gasteiger partial charge in [0, 0.05) is 18.7 Å². The zero-order chi connectivity index (χ0) is 18.5. The van der Waals surface area contributed by atoms with Crippen molar-refractivity contribution < 1.29 is 9.59 Å². The molecule has 3 rings (SSSR count). The van der Waals surface area contributed by atoms with Crippen molar-refractivity contribution in [2.24, 2.45) is 0 Å². The fraction of sp³-hybridized carbons (Fsp3) is 0.200. The van der Waals surface area contributed by atoms with Gasteiger partial charge in [0.1, 0.15) is 11.4 Å². The van der Waals surface area contributed by atoms with Gasteiger partial charge in [0.25, 0.3) is 5.91 Å². The molecule has 3 aromatic rings. The first kappa shape index (κ1) is 17.5. The predicted octanol–water partition coefficient (Wildman–Crippen LogP) is 3.73. The highest BCUT2D eigenvalue weighted by molar-refractivity contribution is 6.05. The van der Waals surface area contributed by atoms with Gasteiger partial charge in [-0.05, 0) is 24.6 Å². The van der Waals surface area contributed by atoms with E-state index in [0.29, 0.717) is 23.5 Å². The van der Waals surface area contributed by atoms with Gasteiger partial charge in [-0.25, -0.2) is 0 Å². The number of Topliss-reactive ketones (excluding diaryl/α,β-unsaturated/α-hetero) is 1. The molecule has 6 nitrogen and oxygen atoms in total. The Labute approximate surface area is 151 Å². The first-order valence-corrected chi connectivity index (χ1v) is 8.49. The third-order valence-corrected chi connectivity index (χ3v) is 4.14. The van der Waals surface area contributed by atoms with E-state index in [9.17, 15) is 9.59 Å². The number of amides is 1. The summed E-state index contributed by atoms with van der Waals surface area (Å²) in [4.78, 5) is 28.9. The van der Waals surface area contributed by atoms with Crippen molar-refractivity contribution in [2.45, 2.75) is 26.3 Å². The van der Waals surface area contributed by atoms with Gasteiger partial charge in [-0.1, -0.05) is 37.3 Å². The molecule has 0 aliphatic rings. The number of hydrogen-bond acceptors (Lipinski definition) is 4. The number of pyridine rings is 1. The van der Waals surface area contributed by atoms with E-state index in [1.807, 2.05) is 37.3 Å². The Kier molecular flexibility index (Phi) is 5.22. The van der Waals surface area contributed by atoms with Crippen LogP contribution in [0.3, 0.4) is 0 Å². The van der Waals surface area contributed by atoms with Crippen LogP contribution in [0.25, 0.3) is 0 Å². The molecule has 1 amide bonds. The summed E-state index contributed by atoms with van der Waals surface area (Å²) in [7, 11) is 0. The fourth-order valence-corrected chi connectivity index (χ4v) is 2.68. The smallest absolute Gasteiger partial charge is 0.274 e. The largest absolute Gasteiger partial charge is 0.319 e. The summed E-state index contributed by atoms with van der Waals surface area (Å²) in [6, 6.07) is 14.6. The van der Waals surface area contributed by atoms with Crippen LogP contribution >= 0.6 is 0 Å². The standard InChI is InChI=1S/C20H20N4O2/c1-3-19(25)17-12-18(20(26)22-16-10-7-11-21-13-16)24(23-17)14(2)15-8-5-4-6-9-15/h4-14H,3H2,1-2H3,(H,22,26)/t14-/m0/s1. The molecule has 1 aromatic carbocycles. The molecule has 0 spiro atoms. The third kappa shape index (κ3) is 3.69. The fourth-order valence-electron chi connectivity index (χ4n) is 2.68.